The molecule has 8 nitrogen and oxygen atoms in total. The van der Waals surface area contributed by atoms with Crippen molar-refractivity contribution in [2.45, 2.75) is 6.04 Å². The van der Waals surface area contributed by atoms with E-state index in [9.17, 15) is 9.59 Å². The molecule has 0 saturated carbocycles. The fraction of sp³-hybridized carbons (Fsp3) is 0.120. The average molecular weight is 437 g/mol. The van der Waals surface area contributed by atoms with Gasteiger partial charge in [0.1, 0.15) is 24.1 Å². The highest BCUT2D eigenvalue weighted by Gasteiger charge is 2.30. The number of hydrogen-bond acceptors (Lipinski definition) is 5. The molecule has 2 aromatic heterocycles. The fourth-order valence-corrected chi connectivity index (χ4v) is 3.59. The Balaban J connectivity index is 1.33. The molecule has 3 heterocycles. The van der Waals surface area contributed by atoms with Crippen LogP contribution in [-0.2, 0) is 4.79 Å². The Kier molecular flexibility index (Phi) is 5.21. The van der Waals surface area contributed by atoms with Crippen LogP contribution in [0.2, 0.25) is 0 Å². The first-order chi connectivity index (χ1) is 16.1. The molecule has 0 unspecified atom stereocenters. The molecule has 1 aliphatic heterocycles. The monoisotopic (exact) mass is 437 g/mol. The lowest BCUT2D eigenvalue weighted by Crippen LogP contribution is -2.49. The number of nitrogens with one attached hydrogen (secondary N) is 1. The van der Waals surface area contributed by atoms with Crippen molar-refractivity contribution in [2.75, 3.05) is 18.6 Å². The molecule has 162 valence electrons. The Bertz CT molecular complexity index is 1430. The maximum absolute atomic E-state index is 12.9. The zero-order chi connectivity index (χ0) is 22.8. The number of carbonyl (C=O) groups is 2. The van der Waals surface area contributed by atoms with E-state index < -0.39 is 6.04 Å². The molecule has 2 amide bonds. The van der Waals surface area contributed by atoms with E-state index in [1.165, 1.54) is 4.90 Å². The van der Waals surface area contributed by atoms with Crippen LogP contribution < -0.4 is 15.0 Å². The summed E-state index contributed by atoms with van der Waals surface area (Å²) in [5.74, 6) is 6.06. The number of likely N-dealkylation sites (N-methyl/N-ethyl adjacent to an activating group) is 1. The van der Waals surface area contributed by atoms with E-state index in [0.717, 1.165) is 0 Å². The number of rotatable bonds is 2. The summed E-state index contributed by atoms with van der Waals surface area (Å²) in [5, 5.41) is 7.02. The lowest BCUT2D eigenvalue weighted by Gasteiger charge is -2.20. The van der Waals surface area contributed by atoms with E-state index in [-0.39, 0.29) is 18.4 Å². The molecule has 33 heavy (non-hydrogen) atoms. The highest BCUT2D eigenvalue weighted by molar-refractivity contribution is 6.03. The Morgan fingerprint density at radius 2 is 2.00 bits per heavy atom. The number of imidazole rings is 1. The molecular formula is C25H19N5O3. The van der Waals surface area contributed by atoms with Crippen LogP contribution in [0.25, 0.3) is 5.65 Å². The quantitative estimate of drug-likeness (QED) is 0.486. The van der Waals surface area contributed by atoms with E-state index >= 15 is 0 Å². The summed E-state index contributed by atoms with van der Waals surface area (Å²) in [4.78, 5) is 31.5. The summed E-state index contributed by atoms with van der Waals surface area (Å²) >= 11 is 0. The number of fused-ring (bicyclic) bond motifs is 2. The number of hydrogen-bond donors (Lipinski definition) is 1. The van der Waals surface area contributed by atoms with Crippen LogP contribution in [0, 0.1) is 11.8 Å². The van der Waals surface area contributed by atoms with Gasteiger partial charge in [0.2, 0.25) is 0 Å². The molecule has 2 aromatic carbocycles. The number of ether oxygens (including phenoxy) is 1. The Morgan fingerprint density at radius 1 is 1.12 bits per heavy atom. The number of aromatic nitrogens is 3. The van der Waals surface area contributed by atoms with Crippen LogP contribution in [-0.4, -0.2) is 46.1 Å². The Labute approximate surface area is 189 Å². The van der Waals surface area contributed by atoms with Crippen LogP contribution in [0.3, 0.4) is 0 Å². The third-order valence-corrected chi connectivity index (χ3v) is 5.30. The summed E-state index contributed by atoms with van der Waals surface area (Å²) in [6, 6.07) is 17.0. The second-order valence-corrected chi connectivity index (χ2v) is 7.47. The third-order valence-electron chi connectivity index (χ3n) is 5.30. The molecule has 0 bridgehead atoms. The van der Waals surface area contributed by atoms with Gasteiger partial charge in [0.05, 0.1) is 11.9 Å². The maximum atomic E-state index is 12.9. The predicted molar refractivity (Wildman–Crippen MR) is 122 cm³/mol. The lowest BCUT2D eigenvalue weighted by molar-refractivity contribution is -0.120. The smallest absolute Gasteiger partial charge is 0.252 e. The van der Waals surface area contributed by atoms with Gasteiger partial charge in [-0.05, 0) is 48.4 Å². The Morgan fingerprint density at radius 3 is 2.91 bits per heavy atom. The van der Waals surface area contributed by atoms with E-state index in [0.29, 0.717) is 33.9 Å². The first kappa shape index (κ1) is 20.3. The summed E-state index contributed by atoms with van der Waals surface area (Å²) in [6.45, 7) is 0.0483. The summed E-state index contributed by atoms with van der Waals surface area (Å²) in [5.41, 5.74) is 3.07. The van der Waals surface area contributed by atoms with Gasteiger partial charge in [-0.3, -0.25) is 9.59 Å². The molecule has 0 aliphatic carbocycles. The van der Waals surface area contributed by atoms with Crippen LogP contribution in [0.1, 0.15) is 21.6 Å². The van der Waals surface area contributed by atoms with Crippen molar-refractivity contribution in [2.24, 2.45) is 0 Å². The van der Waals surface area contributed by atoms with Crippen LogP contribution in [0.4, 0.5) is 5.69 Å². The maximum Gasteiger partial charge on any atom is 0.252 e. The number of benzene rings is 2. The SMILES string of the molecule is CN1C(=O)[C@H](NC(=O)c2cccc(C#Cc3cnc4cccnn34)c2)COc2ccccc21. The van der Waals surface area contributed by atoms with Gasteiger partial charge in [-0.2, -0.15) is 5.10 Å². The largest absolute Gasteiger partial charge is 0.489 e. The number of amides is 2. The van der Waals surface area contributed by atoms with Crippen LogP contribution in [0.15, 0.2) is 73.1 Å². The number of nitrogens with zero attached hydrogens (tertiary/aromatic N) is 4. The normalized spacial score (nSPS) is 15.1. The highest BCUT2D eigenvalue weighted by Crippen LogP contribution is 2.29. The summed E-state index contributed by atoms with van der Waals surface area (Å²) in [7, 11) is 1.67. The van der Waals surface area contributed by atoms with E-state index in [4.69, 9.17) is 4.74 Å². The molecule has 5 rings (SSSR count). The average Bonchev–Trinajstić information content (AvgIpc) is 3.23. The molecule has 0 saturated heterocycles. The third kappa shape index (κ3) is 4.00. The topological polar surface area (TPSA) is 88.8 Å². The van der Waals surface area contributed by atoms with Gasteiger partial charge < -0.3 is 15.0 Å². The highest BCUT2D eigenvalue weighted by atomic mass is 16.5. The summed E-state index contributed by atoms with van der Waals surface area (Å²) in [6.07, 6.45) is 3.32. The van der Waals surface area contributed by atoms with Gasteiger partial charge in [0.15, 0.2) is 5.65 Å². The zero-order valence-corrected chi connectivity index (χ0v) is 17.7. The molecule has 0 fully saturated rings. The molecule has 8 heteroatoms. The standard InChI is InChI=1S/C25H19N5O3/c1-29-21-8-2-3-9-22(21)33-16-20(25(29)32)28-24(31)18-7-4-6-17(14-18)11-12-19-15-26-23-10-5-13-27-30(19)23/h2-10,13-15,20H,16H2,1H3,(H,28,31)/t20-/m1/s1. The number of para-hydroxylation sites is 2. The molecule has 4 aromatic rings. The van der Waals surface area contributed by atoms with Crippen LogP contribution in [0.5, 0.6) is 5.75 Å². The van der Waals surface area contributed by atoms with Gasteiger partial charge in [-0.15, -0.1) is 0 Å². The number of anilines is 1. The van der Waals surface area contributed by atoms with Gasteiger partial charge in [0.25, 0.3) is 11.8 Å². The minimum absolute atomic E-state index is 0.0483. The van der Waals surface area contributed by atoms with Gasteiger partial charge >= 0.3 is 0 Å². The van der Waals surface area contributed by atoms with Crippen molar-refractivity contribution in [3.05, 3.63) is 89.9 Å². The summed E-state index contributed by atoms with van der Waals surface area (Å²) < 4.78 is 7.41. The second kappa shape index (κ2) is 8.48. The van der Waals surface area contributed by atoms with Crippen molar-refractivity contribution < 1.29 is 14.3 Å². The first-order valence-electron chi connectivity index (χ1n) is 10.3. The van der Waals surface area contributed by atoms with Crippen molar-refractivity contribution in [3.63, 3.8) is 0 Å². The fourth-order valence-electron chi connectivity index (χ4n) is 3.59. The Hall–Kier alpha value is -4.64. The first-order valence-corrected chi connectivity index (χ1v) is 10.3. The van der Waals surface area contributed by atoms with Crippen molar-refractivity contribution in [1.82, 2.24) is 19.9 Å². The molecule has 1 aliphatic rings. The van der Waals surface area contributed by atoms with Gasteiger partial charge in [-0.25, -0.2) is 9.50 Å². The molecule has 1 N–H and O–H groups in total. The van der Waals surface area contributed by atoms with Crippen LogP contribution >= 0.6 is 0 Å². The van der Waals surface area contributed by atoms with Crippen molar-refractivity contribution in [3.8, 4) is 17.6 Å². The van der Waals surface area contributed by atoms with Crippen molar-refractivity contribution >= 4 is 23.1 Å². The second-order valence-electron chi connectivity index (χ2n) is 7.47. The molecular weight excluding hydrogens is 418 g/mol. The zero-order valence-electron chi connectivity index (χ0n) is 17.7. The molecule has 0 radical (unpaired) electrons. The van der Waals surface area contributed by atoms with E-state index in [1.54, 1.807) is 54.3 Å². The van der Waals surface area contributed by atoms with Gasteiger partial charge in [0, 0.05) is 24.4 Å². The van der Waals surface area contributed by atoms with Gasteiger partial charge in [-0.1, -0.05) is 24.1 Å². The lowest BCUT2D eigenvalue weighted by atomic mass is 10.1. The molecule has 0 spiro atoms. The minimum Gasteiger partial charge on any atom is -0.489 e. The van der Waals surface area contributed by atoms with E-state index in [2.05, 4.69) is 27.2 Å². The molecule has 1 atom stereocenters. The van der Waals surface area contributed by atoms with E-state index in [1.807, 2.05) is 30.3 Å². The minimum atomic E-state index is -0.811. The van der Waals surface area contributed by atoms with Crippen molar-refractivity contribution in [1.29, 1.82) is 0 Å². The number of carbonyl (C=O) groups excluding carboxylic acids is 2. The predicted octanol–water partition coefficient (Wildman–Crippen LogP) is 2.28.